The Labute approximate surface area is 174 Å². The van der Waals surface area contributed by atoms with Crippen molar-refractivity contribution in [1.82, 2.24) is 19.6 Å². The number of benzene rings is 1. The van der Waals surface area contributed by atoms with Gasteiger partial charge in [0.2, 0.25) is 0 Å². The van der Waals surface area contributed by atoms with Crippen LogP contribution < -0.4 is 0 Å². The van der Waals surface area contributed by atoms with E-state index in [1.165, 1.54) is 24.0 Å². The maximum atomic E-state index is 13.9. The topological polar surface area (TPSA) is 41.4 Å². The lowest BCUT2D eigenvalue weighted by atomic mass is 9.94. The van der Waals surface area contributed by atoms with Gasteiger partial charge in [-0.1, -0.05) is 30.3 Å². The molecule has 1 amide bonds. The van der Waals surface area contributed by atoms with Crippen molar-refractivity contribution >= 4 is 5.91 Å². The van der Waals surface area contributed by atoms with Crippen molar-refractivity contribution in [2.45, 2.75) is 64.5 Å². The van der Waals surface area contributed by atoms with Crippen molar-refractivity contribution in [1.29, 1.82) is 0 Å². The van der Waals surface area contributed by atoms with Crippen LogP contribution in [-0.4, -0.2) is 58.2 Å². The van der Waals surface area contributed by atoms with E-state index in [4.69, 9.17) is 5.10 Å². The van der Waals surface area contributed by atoms with Crippen molar-refractivity contribution < 1.29 is 4.79 Å². The molecule has 0 spiro atoms. The summed E-state index contributed by atoms with van der Waals surface area (Å²) in [5, 5.41) is 4.81. The molecular weight excluding hydrogens is 360 g/mol. The van der Waals surface area contributed by atoms with Gasteiger partial charge in [0, 0.05) is 24.7 Å². The van der Waals surface area contributed by atoms with Crippen LogP contribution in [0.2, 0.25) is 0 Å². The van der Waals surface area contributed by atoms with Gasteiger partial charge in [-0.2, -0.15) is 5.10 Å². The molecule has 0 atom stereocenters. The van der Waals surface area contributed by atoms with Crippen LogP contribution in [0.4, 0.5) is 0 Å². The third-order valence-corrected chi connectivity index (χ3v) is 6.60. The van der Waals surface area contributed by atoms with Crippen LogP contribution in [0, 0.1) is 0 Å². The molecule has 0 radical (unpaired) electrons. The Bertz CT molecular complexity index is 821. The molecule has 1 aromatic carbocycles. The zero-order valence-electron chi connectivity index (χ0n) is 17.9. The molecule has 0 unspecified atom stereocenters. The molecule has 1 aliphatic carbocycles. The molecule has 1 aliphatic heterocycles. The molecule has 5 nitrogen and oxygen atoms in total. The van der Waals surface area contributed by atoms with Crippen molar-refractivity contribution in [2.24, 2.45) is 0 Å². The minimum absolute atomic E-state index is 0.202. The Kier molecular flexibility index (Phi) is 6.34. The summed E-state index contributed by atoms with van der Waals surface area (Å²) in [5.41, 5.74) is 4.55. The summed E-state index contributed by atoms with van der Waals surface area (Å²) in [4.78, 5) is 18.5. The number of hydrogen-bond acceptors (Lipinski definition) is 3. The second-order valence-electron chi connectivity index (χ2n) is 8.57. The van der Waals surface area contributed by atoms with Crippen molar-refractivity contribution in [3.63, 3.8) is 0 Å². The fourth-order valence-electron chi connectivity index (χ4n) is 4.86. The number of likely N-dealkylation sites (tertiary alicyclic amines) is 1. The number of hydrogen-bond donors (Lipinski definition) is 0. The Morgan fingerprint density at radius 2 is 1.86 bits per heavy atom. The number of carbonyl (C=O) groups is 1. The predicted molar refractivity (Wildman–Crippen MR) is 116 cm³/mol. The minimum atomic E-state index is 0.202. The summed E-state index contributed by atoms with van der Waals surface area (Å²) < 4.78 is 1.97. The zero-order valence-corrected chi connectivity index (χ0v) is 17.9. The largest absolute Gasteiger partial charge is 0.334 e. The lowest BCUT2D eigenvalue weighted by molar-refractivity contribution is 0.0581. The van der Waals surface area contributed by atoms with Crippen molar-refractivity contribution in [2.75, 3.05) is 26.7 Å². The van der Waals surface area contributed by atoms with Crippen LogP contribution in [0.3, 0.4) is 0 Å². The summed E-state index contributed by atoms with van der Waals surface area (Å²) >= 11 is 0. The second kappa shape index (κ2) is 9.12. The van der Waals surface area contributed by atoms with Crippen LogP contribution in [0.5, 0.6) is 0 Å². The fraction of sp³-hybridized carbons (Fsp3) is 0.583. The number of piperidine rings is 1. The third-order valence-electron chi connectivity index (χ3n) is 6.60. The van der Waals surface area contributed by atoms with Gasteiger partial charge in [0.25, 0.3) is 5.91 Å². The van der Waals surface area contributed by atoms with Gasteiger partial charge in [-0.15, -0.1) is 0 Å². The molecule has 2 aliphatic rings. The molecular formula is C24H34N4O. The molecule has 29 heavy (non-hydrogen) atoms. The first-order chi connectivity index (χ1) is 14.2. The maximum absolute atomic E-state index is 13.9. The predicted octanol–water partition coefficient (Wildman–Crippen LogP) is 3.56. The van der Waals surface area contributed by atoms with Crippen LogP contribution in [-0.2, 0) is 25.8 Å². The van der Waals surface area contributed by atoms with Crippen LogP contribution in [0.15, 0.2) is 30.3 Å². The number of aromatic nitrogens is 2. The molecule has 2 heterocycles. The molecule has 1 saturated heterocycles. The Hall–Kier alpha value is -2.14. The first-order valence-corrected chi connectivity index (χ1v) is 11.3. The van der Waals surface area contributed by atoms with E-state index in [1.54, 1.807) is 0 Å². The minimum Gasteiger partial charge on any atom is -0.334 e. The van der Waals surface area contributed by atoms with Gasteiger partial charge in [-0.05, 0) is 77.6 Å². The molecule has 2 aromatic rings. The van der Waals surface area contributed by atoms with Gasteiger partial charge < -0.3 is 9.80 Å². The number of fused-ring (bicyclic) bond motifs is 1. The highest BCUT2D eigenvalue weighted by Crippen LogP contribution is 2.27. The summed E-state index contributed by atoms with van der Waals surface area (Å²) in [7, 11) is 2.18. The quantitative estimate of drug-likeness (QED) is 0.752. The van der Waals surface area contributed by atoms with Gasteiger partial charge >= 0.3 is 0 Å². The average molecular weight is 395 g/mol. The zero-order chi connectivity index (χ0) is 20.2. The van der Waals surface area contributed by atoms with Gasteiger partial charge in [0.15, 0.2) is 0 Å². The normalized spacial score (nSPS) is 17.9. The number of amides is 1. The number of nitrogens with zero attached hydrogens (tertiary/aromatic N) is 4. The van der Waals surface area contributed by atoms with E-state index in [0.717, 1.165) is 69.7 Å². The summed E-state index contributed by atoms with van der Waals surface area (Å²) in [6, 6.07) is 10.9. The fourth-order valence-corrected chi connectivity index (χ4v) is 4.86. The lowest BCUT2D eigenvalue weighted by Gasteiger charge is -2.37. The van der Waals surface area contributed by atoms with Crippen LogP contribution in [0.25, 0.3) is 0 Å². The van der Waals surface area contributed by atoms with E-state index < -0.39 is 0 Å². The van der Waals surface area contributed by atoms with E-state index in [9.17, 15) is 4.79 Å². The molecule has 4 rings (SSSR count). The number of aryl methyl sites for hydroxylation is 2. The summed E-state index contributed by atoms with van der Waals surface area (Å²) in [5.74, 6) is 0.202. The van der Waals surface area contributed by atoms with Crippen LogP contribution in [0.1, 0.15) is 59.9 Å². The number of carbonyl (C=O) groups excluding carboxylic acids is 1. The molecule has 156 valence electrons. The summed E-state index contributed by atoms with van der Waals surface area (Å²) in [6.45, 7) is 5.75. The van der Waals surface area contributed by atoms with E-state index >= 15 is 0 Å². The van der Waals surface area contributed by atoms with Crippen molar-refractivity contribution in [3.05, 3.63) is 52.8 Å². The van der Waals surface area contributed by atoms with Gasteiger partial charge in [-0.25, -0.2) is 0 Å². The van der Waals surface area contributed by atoms with Gasteiger partial charge in [-0.3, -0.25) is 9.48 Å². The van der Waals surface area contributed by atoms with E-state index in [0.29, 0.717) is 6.04 Å². The Balaban J connectivity index is 1.61. The highest BCUT2D eigenvalue weighted by molar-refractivity contribution is 5.94. The first kappa shape index (κ1) is 20.1. The van der Waals surface area contributed by atoms with E-state index in [2.05, 4.69) is 54.1 Å². The standard InChI is InChI=1S/C24H34N4O/c1-3-28-23(21-11-7-8-12-22(21)25-28)24(29)27(20-14-16-26(2)17-15-20)18-13-19-9-5-4-6-10-19/h4-6,9-10,20H,3,7-8,11-18H2,1-2H3. The Morgan fingerprint density at radius 1 is 1.14 bits per heavy atom. The number of rotatable bonds is 6. The highest BCUT2D eigenvalue weighted by Gasteiger charge is 2.32. The van der Waals surface area contributed by atoms with Crippen molar-refractivity contribution in [3.8, 4) is 0 Å². The molecule has 0 bridgehead atoms. The van der Waals surface area contributed by atoms with Gasteiger partial charge in [0.05, 0.1) is 5.69 Å². The summed E-state index contributed by atoms with van der Waals surface area (Å²) in [6.07, 6.45) is 7.38. The maximum Gasteiger partial charge on any atom is 0.272 e. The lowest BCUT2D eigenvalue weighted by Crippen LogP contribution is -2.48. The second-order valence-corrected chi connectivity index (χ2v) is 8.57. The molecule has 5 heteroatoms. The Morgan fingerprint density at radius 3 is 2.59 bits per heavy atom. The monoisotopic (exact) mass is 394 g/mol. The van der Waals surface area contributed by atoms with E-state index in [-0.39, 0.29) is 5.91 Å². The SMILES string of the molecule is CCn1nc2c(c1C(=O)N(CCc1ccccc1)C1CCN(C)CC1)CCCC2. The van der Waals surface area contributed by atoms with Crippen LogP contribution >= 0.6 is 0 Å². The highest BCUT2D eigenvalue weighted by atomic mass is 16.2. The molecule has 0 N–H and O–H groups in total. The molecule has 0 saturated carbocycles. The van der Waals surface area contributed by atoms with E-state index in [1.807, 2.05) is 4.68 Å². The molecule has 1 aromatic heterocycles. The van der Waals surface area contributed by atoms with Gasteiger partial charge in [0.1, 0.15) is 5.69 Å². The molecule has 1 fully saturated rings. The first-order valence-electron chi connectivity index (χ1n) is 11.3. The average Bonchev–Trinajstić information content (AvgIpc) is 3.14. The third kappa shape index (κ3) is 4.40. The smallest absolute Gasteiger partial charge is 0.272 e.